The van der Waals surface area contributed by atoms with Gasteiger partial charge in [-0.15, -0.1) is 0 Å². The Morgan fingerprint density at radius 1 is 1.46 bits per heavy atom. The Morgan fingerprint density at radius 3 is 2.79 bits per heavy atom. The molecule has 2 rings (SSSR count). The number of rotatable bonds is 5. The van der Waals surface area contributed by atoms with Gasteiger partial charge in [0.15, 0.2) is 11.5 Å². The molecule has 1 aromatic rings. The summed E-state index contributed by atoms with van der Waals surface area (Å²) in [7, 11) is 2.74. The number of thiocarbonyl (C=S) groups is 1. The fourth-order valence-corrected chi connectivity index (χ4v) is 3.75. The maximum absolute atomic E-state index is 12.4. The number of ether oxygens (including phenoxy) is 2. The van der Waals surface area contributed by atoms with Gasteiger partial charge in [0.05, 0.1) is 30.0 Å². The first kappa shape index (κ1) is 18.8. The molecule has 9 heteroatoms. The van der Waals surface area contributed by atoms with Crippen LogP contribution < -0.4 is 4.74 Å². The molecule has 0 aliphatic carbocycles. The zero-order valence-electron chi connectivity index (χ0n) is 12.9. The molecule has 0 saturated carbocycles. The number of halogens is 1. The van der Waals surface area contributed by atoms with Crippen molar-refractivity contribution in [1.29, 1.82) is 0 Å². The van der Waals surface area contributed by atoms with Gasteiger partial charge in [-0.05, 0) is 39.7 Å². The predicted molar refractivity (Wildman–Crippen MR) is 98.9 cm³/mol. The van der Waals surface area contributed by atoms with Crippen LogP contribution >= 0.6 is 39.9 Å². The van der Waals surface area contributed by atoms with Gasteiger partial charge < -0.3 is 14.6 Å². The van der Waals surface area contributed by atoms with Crippen LogP contribution in [0.3, 0.4) is 0 Å². The van der Waals surface area contributed by atoms with Gasteiger partial charge >= 0.3 is 5.97 Å². The van der Waals surface area contributed by atoms with Gasteiger partial charge in [0.25, 0.3) is 5.91 Å². The molecule has 0 atom stereocenters. The molecule has 1 aromatic carbocycles. The topological polar surface area (TPSA) is 76.1 Å². The second kappa shape index (κ2) is 8.00. The van der Waals surface area contributed by atoms with Crippen LogP contribution in [0.2, 0.25) is 0 Å². The summed E-state index contributed by atoms with van der Waals surface area (Å²) in [6.45, 7) is 0.178. The van der Waals surface area contributed by atoms with E-state index in [1.165, 1.54) is 19.1 Å². The summed E-state index contributed by atoms with van der Waals surface area (Å²) in [6.07, 6.45) is 1.74. The van der Waals surface area contributed by atoms with Gasteiger partial charge in [-0.3, -0.25) is 14.5 Å². The summed E-state index contributed by atoms with van der Waals surface area (Å²) in [5.41, 5.74) is 0.671. The van der Waals surface area contributed by atoms with Crippen molar-refractivity contribution in [2.45, 2.75) is 6.42 Å². The minimum Gasteiger partial charge on any atom is -0.503 e. The summed E-state index contributed by atoms with van der Waals surface area (Å²) >= 11 is 9.59. The maximum atomic E-state index is 12.4. The van der Waals surface area contributed by atoms with E-state index in [0.717, 1.165) is 11.8 Å². The Bertz CT molecular complexity index is 735. The average Bonchev–Trinajstić information content (AvgIpc) is 2.82. The Morgan fingerprint density at radius 2 is 2.17 bits per heavy atom. The summed E-state index contributed by atoms with van der Waals surface area (Å²) < 4.78 is 10.5. The second-order valence-electron chi connectivity index (χ2n) is 4.71. The lowest BCUT2D eigenvalue weighted by Gasteiger charge is -2.13. The fourth-order valence-electron chi connectivity index (χ4n) is 1.98. The minimum absolute atomic E-state index is 0.0136. The molecule has 1 aliphatic heterocycles. The quantitative estimate of drug-likeness (QED) is 0.436. The summed E-state index contributed by atoms with van der Waals surface area (Å²) in [5.74, 6) is -0.394. The number of carbonyl (C=O) groups is 2. The Labute approximate surface area is 156 Å². The van der Waals surface area contributed by atoms with Crippen molar-refractivity contribution < 1.29 is 24.2 Å². The molecule has 1 fully saturated rings. The highest BCUT2D eigenvalue weighted by Gasteiger charge is 2.32. The van der Waals surface area contributed by atoms with Gasteiger partial charge in [-0.2, -0.15) is 0 Å². The average molecular weight is 432 g/mol. The number of phenolic OH excluding ortho intramolecular Hbond substituents is 1. The van der Waals surface area contributed by atoms with Crippen LogP contribution in [0.15, 0.2) is 21.5 Å². The zero-order chi connectivity index (χ0) is 17.9. The van der Waals surface area contributed by atoms with Crippen molar-refractivity contribution in [2.75, 3.05) is 20.8 Å². The number of thioether (sulfide) groups is 1. The molecule has 1 N–H and O–H groups in total. The van der Waals surface area contributed by atoms with E-state index in [4.69, 9.17) is 17.0 Å². The molecule has 6 nitrogen and oxygen atoms in total. The number of nitrogens with zero attached hydrogens (tertiary/aromatic N) is 1. The number of hydrogen-bond acceptors (Lipinski definition) is 7. The van der Waals surface area contributed by atoms with Crippen LogP contribution in [0, 0.1) is 0 Å². The molecule has 128 valence electrons. The van der Waals surface area contributed by atoms with E-state index in [2.05, 4.69) is 20.7 Å². The molecular weight excluding hydrogens is 418 g/mol. The van der Waals surface area contributed by atoms with Crippen LogP contribution in [0.4, 0.5) is 0 Å². The van der Waals surface area contributed by atoms with Crippen LogP contribution in [-0.4, -0.2) is 47.0 Å². The Kier molecular flexibility index (Phi) is 6.25. The Hall–Kier alpha value is -1.58. The van der Waals surface area contributed by atoms with E-state index < -0.39 is 5.97 Å². The molecule has 0 unspecified atom stereocenters. The standard InChI is InChI=1S/C15H14BrNO5S2/c1-21-10-6-8(5-9(16)13(10)19)7-11-14(20)17(15(23)24-11)4-3-12(18)22-2/h5-7,19H,3-4H2,1-2H3. The second-order valence-corrected chi connectivity index (χ2v) is 7.24. The number of methoxy groups -OCH3 is 2. The van der Waals surface area contributed by atoms with Crippen molar-refractivity contribution in [3.63, 3.8) is 0 Å². The monoisotopic (exact) mass is 431 g/mol. The first-order chi connectivity index (χ1) is 11.4. The predicted octanol–water partition coefficient (Wildman–Crippen LogP) is 2.93. The molecule has 1 amide bonds. The molecule has 24 heavy (non-hydrogen) atoms. The van der Waals surface area contributed by atoms with E-state index >= 15 is 0 Å². The van der Waals surface area contributed by atoms with E-state index in [0.29, 0.717) is 19.3 Å². The number of esters is 1. The van der Waals surface area contributed by atoms with Crippen LogP contribution in [-0.2, 0) is 14.3 Å². The molecule has 1 heterocycles. The van der Waals surface area contributed by atoms with Crippen molar-refractivity contribution in [3.8, 4) is 11.5 Å². The van der Waals surface area contributed by atoms with Crippen LogP contribution in [0.1, 0.15) is 12.0 Å². The Balaban J connectivity index is 2.22. The van der Waals surface area contributed by atoms with E-state index in [9.17, 15) is 14.7 Å². The maximum Gasteiger partial charge on any atom is 0.307 e. The molecular formula is C15H14BrNO5S2. The van der Waals surface area contributed by atoms with Crippen molar-refractivity contribution in [2.24, 2.45) is 0 Å². The first-order valence-corrected chi connectivity index (χ1v) is 8.77. The third-order valence-corrected chi connectivity index (χ3v) is 5.19. The third-order valence-electron chi connectivity index (χ3n) is 3.21. The van der Waals surface area contributed by atoms with Crippen LogP contribution in [0.5, 0.6) is 11.5 Å². The number of benzene rings is 1. The number of carbonyl (C=O) groups excluding carboxylic acids is 2. The highest BCUT2D eigenvalue weighted by molar-refractivity contribution is 9.10. The van der Waals surface area contributed by atoms with Gasteiger partial charge in [-0.25, -0.2) is 0 Å². The van der Waals surface area contributed by atoms with E-state index in [-0.39, 0.29) is 30.4 Å². The molecule has 0 spiro atoms. The highest BCUT2D eigenvalue weighted by Crippen LogP contribution is 2.38. The third kappa shape index (κ3) is 4.08. The van der Waals surface area contributed by atoms with Crippen molar-refractivity contribution in [3.05, 3.63) is 27.1 Å². The highest BCUT2D eigenvalue weighted by atomic mass is 79.9. The molecule has 0 radical (unpaired) electrons. The molecule has 1 aliphatic rings. The van der Waals surface area contributed by atoms with Gasteiger partial charge in [-0.1, -0.05) is 24.0 Å². The number of amides is 1. The SMILES string of the molecule is COC(=O)CCN1C(=O)C(=Cc2cc(Br)c(O)c(OC)c2)SC1=S. The van der Waals surface area contributed by atoms with E-state index in [1.54, 1.807) is 18.2 Å². The largest absolute Gasteiger partial charge is 0.503 e. The summed E-state index contributed by atoms with van der Waals surface area (Å²) in [5, 5.41) is 9.83. The van der Waals surface area contributed by atoms with Gasteiger partial charge in [0.1, 0.15) is 4.32 Å². The first-order valence-electron chi connectivity index (χ1n) is 6.76. The zero-order valence-corrected chi connectivity index (χ0v) is 16.1. The normalized spacial score (nSPS) is 16.0. The summed E-state index contributed by atoms with van der Waals surface area (Å²) in [6, 6.07) is 3.28. The van der Waals surface area contributed by atoms with Crippen molar-refractivity contribution in [1.82, 2.24) is 4.90 Å². The fraction of sp³-hybridized carbons (Fsp3) is 0.267. The van der Waals surface area contributed by atoms with Gasteiger partial charge in [0, 0.05) is 6.54 Å². The van der Waals surface area contributed by atoms with Crippen molar-refractivity contribution >= 4 is 62.2 Å². The number of phenols is 1. The lowest BCUT2D eigenvalue weighted by Crippen LogP contribution is -2.30. The molecule has 0 bridgehead atoms. The molecule has 1 saturated heterocycles. The smallest absolute Gasteiger partial charge is 0.307 e. The summed E-state index contributed by atoms with van der Waals surface area (Å²) in [4.78, 5) is 25.5. The lowest BCUT2D eigenvalue weighted by molar-refractivity contribution is -0.140. The van der Waals surface area contributed by atoms with Gasteiger partial charge in [0.2, 0.25) is 0 Å². The lowest BCUT2D eigenvalue weighted by atomic mass is 10.2. The molecule has 0 aromatic heterocycles. The van der Waals surface area contributed by atoms with E-state index in [1.807, 2.05) is 0 Å². The minimum atomic E-state index is -0.403. The number of hydrogen-bond donors (Lipinski definition) is 1. The number of aromatic hydroxyl groups is 1. The van der Waals surface area contributed by atoms with Crippen LogP contribution in [0.25, 0.3) is 6.08 Å².